The van der Waals surface area contributed by atoms with Gasteiger partial charge in [0.05, 0.1) is 17.8 Å². The van der Waals surface area contributed by atoms with Crippen LogP contribution in [0.25, 0.3) is 16.5 Å². The third-order valence-corrected chi connectivity index (χ3v) is 6.86. The molecule has 158 valence electrons. The summed E-state index contributed by atoms with van der Waals surface area (Å²) in [5.41, 5.74) is 2.31. The number of fused-ring (bicyclic) bond motifs is 1. The summed E-state index contributed by atoms with van der Waals surface area (Å²) in [4.78, 5) is 33.1. The Kier molecular flexibility index (Phi) is 5.07. The molecule has 0 radical (unpaired) electrons. The maximum Gasteiger partial charge on any atom is 0.296 e. The van der Waals surface area contributed by atoms with Gasteiger partial charge < -0.3 is 10.0 Å². The minimum atomic E-state index is -0.677. The third-order valence-electron chi connectivity index (χ3n) is 5.79. The Balaban J connectivity index is 1.71. The van der Waals surface area contributed by atoms with Crippen molar-refractivity contribution in [2.45, 2.75) is 19.5 Å². The summed E-state index contributed by atoms with van der Waals surface area (Å²) in [5, 5.41) is 15.1. The topological polar surface area (TPSA) is 70.5 Å². The molecular weight excluding hydrogens is 420 g/mol. The normalized spacial score (nSPS) is 17.9. The summed E-state index contributed by atoms with van der Waals surface area (Å²) in [6, 6.07) is 20.0. The molecule has 2 aromatic carbocycles. The fourth-order valence-electron chi connectivity index (χ4n) is 4.22. The minimum absolute atomic E-state index is 0.118. The highest BCUT2D eigenvalue weighted by molar-refractivity contribution is 7.10. The van der Waals surface area contributed by atoms with Gasteiger partial charge in [-0.1, -0.05) is 48.5 Å². The number of likely N-dealkylation sites (tertiary alicyclic amines) is 1. The van der Waals surface area contributed by atoms with Crippen LogP contribution in [0.4, 0.5) is 0 Å². The first-order chi connectivity index (χ1) is 15.6. The second-order valence-corrected chi connectivity index (χ2v) is 8.69. The summed E-state index contributed by atoms with van der Waals surface area (Å²) >= 11 is 1.47. The van der Waals surface area contributed by atoms with E-state index in [9.17, 15) is 14.7 Å². The van der Waals surface area contributed by atoms with Crippen LogP contribution in [-0.2, 0) is 16.1 Å². The van der Waals surface area contributed by atoms with E-state index in [0.717, 1.165) is 21.2 Å². The maximum atomic E-state index is 13.2. The van der Waals surface area contributed by atoms with E-state index in [1.165, 1.54) is 16.2 Å². The zero-order valence-electron chi connectivity index (χ0n) is 17.4. The van der Waals surface area contributed by atoms with Crippen molar-refractivity contribution in [1.82, 2.24) is 9.88 Å². The van der Waals surface area contributed by atoms with E-state index in [1.54, 1.807) is 18.3 Å². The second-order valence-electron chi connectivity index (χ2n) is 7.74. The molecule has 6 heteroatoms. The van der Waals surface area contributed by atoms with Gasteiger partial charge in [0.25, 0.3) is 11.7 Å². The maximum absolute atomic E-state index is 13.2. The number of carbonyl (C=O) groups is 2. The van der Waals surface area contributed by atoms with Crippen molar-refractivity contribution < 1.29 is 14.7 Å². The fraction of sp³-hybridized carbons (Fsp3) is 0.115. The Morgan fingerprint density at radius 2 is 1.81 bits per heavy atom. The van der Waals surface area contributed by atoms with Gasteiger partial charge in [0, 0.05) is 16.6 Å². The lowest BCUT2D eigenvalue weighted by molar-refractivity contribution is -0.140. The zero-order valence-corrected chi connectivity index (χ0v) is 18.2. The Morgan fingerprint density at radius 1 is 1.03 bits per heavy atom. The number of benzene rings is 2. The Morgan fingerprint density at radius 3 is 2.56 bits per heavy atom. The van der Waals surface area contributed by atoms with Crippen molar-refractivity contribution in [3.05, 3.63) is 106 Å². The molecular formula is C26H20N2O3S. The van der Waals surface area contributed by atoms with E-state index >= 15 is 0 Å². The summed E-state index contributed by atoms with van der Waals surface area (Å²) in [6.07, 6.45) is 1.66. The van der Waals surface area contributed by atoms with Crippen LogP contribution < -0.4 is 0 Å². The number of Topliss-reactive ketones (excluding diaryl/α,β-unsaturated/α-hetero) is 1. The summed E-state index contributed by atoms with van der Waals surface area (Å²) < 4.78 is 0. The number of ketones is 1. The quantitative estimate of drug-likeness (QED) is 0.268. The molecule has 2 aromatic heterocycles. The van der Waals surface area contributed by atoms with Crippen LogP contribution >= 0.6 is 11.3 Å². The van der Waals surface area contributed by atoms with Gasteiger partial charge in [-0.2, -0.15) is 0 Å². The average Bonchev–Trinajstić information content (AvgIpc) is 3.34. The van der Waals surface area contributed by atoms with E-state index in [4.69, 9.17) is 0 Å². The van der Waals surface area contributed by atoms with E-state index in [-0.39, 0.29) is 17.9 Å². The third kappa shape index (κ3) is 3.29. The molecule has 1 unspecified atom stereocenters. The van der Waals surface area contributed by atoms with Crippen molar-refractivity contribution in [1.29, 1.82) is 0 Å². The van der Waals surface area contributed by atoms with Crippen LogP contribution in [0, 0.1) is 6.92 Å². The summed E-state index contributed by atoms with van der Waals surface area (Å²) in [5.74, 6) is -1.46. The standard InChI is InChI=1S/C26H20N2O3S/c1-16-12-14-32-25(16)22-21(23(29)20-11-6-8-17-7-2-3-10-19(17)20)24(30)26(31)28(22)15-18-9-4-5-13-27-18/h2-14,22,29H,15H2,1H3/b23-21+. The average molecular weight is 441 g/mol. The lowest BCUT2D eigenvalue weighted by Crippen LogP contribution is -2.29. The molecule has 1 aliphatic heterocycles. The van der Waals surface area contributed by atoms with Gasteiger partial charge >= 0.3 is 0 Å². The van der Waals surface area contributed by atoms with Crippen LogP contribution in [0.2, 0.25) is 0 Å². The van der Waals surface area contributed by atoms with Gasteiger partial charge in [-0.05, 0) is 46.8 Å². The first-order valence-corrected chi connectivity index (χ1v) is 11.1. The van der Waals surface area contributed by atoms with Gasteiger partial charge in [0.2, 0.25) is 0 Å². The second kappa shape index (κ2) is 8.05. The van der Waals surface area contributed by atoms with E-state index < -0.39 is 17.7 Å². The molecule has 3 heterocycles. The smallest absolute Gasteiger partial charge is 0.296 e. The van der Waals surface area contributed by atoms with Crippen LogP contribution in [0.1, 0.15) is 27.7 Å². The number of pyridine rings is 1. The number of amides is 1. The fourth-order valence-corrected chi connectivity index (χ4v) is 5.27. The minimum Gasteiger partial charge on any atom is -0.507 e. The number of aromatic nitrogens is 1. The summed E-state index contributed by atoms with van der Waals surface area (Å²) in [7, 11) is 0. The molecule has 5 rings (SSSR count). The van der Waals surface area contributed by atoms with Crippen molar-refractivity contribution in [3.8, 4) is 0 Å². The first kappa shape index (κ1) is 20.2. The van der Waals surface area contributed by atoms with Gasteiger partial charge in [-0.15, -0.1) is 11.3 Å². The number of rotatable bonds is 4. The number of aryl methyl sites for hydroxylation is 1. The molecule has 0 spiro atoms. The Hall–Kier alpha value is -3.77. The predicted octanol–water partition coefficient (Wildman–Crippen LogP) is 5.23. The van der Waals surface area contributed by atoms with Gasteiger partial charge in [-0.3, -0.25) is 14.6 Å². The number of aliphatic hydroxyl groups is 1. The molecule has 1 amide bonds. The molecule has 0 saturated carbocycles. The Labute approximate surface area is 189 Å². The van der Waals surface area contributed by atoms with E-state index in [2.05, 4.69) is 4.98 Å². The van der Waals surface area contributed by atoms with Crippen molar-refractivity contribution >= 4 is 39.6 Å². The number of carbonyl (C=O) groups excluding carboxylic acids is 2. The lowest BCUT2D eigenvalue weighted by atomic mass is 9.95. The monoisotopic (exact) mass is 440 g/mol. The molecule has 1 N–H and O–H groups in total. The highest BCUT2D eigenvalue weighted by Crippen LogP contribution is 2.43. The highest BCUT2D eigenvalue weighted by atomic mass is 32.1. The van der Waals surface area contributed by atoms with Crippen LogP contribution in [0.5, 0.6) is 0 Å². The van der Waals surface area contributed by atoms with Crippen LogP contribution in [0.3, 0.4) is 0 Å². The number of hydrogen-bond acceptors (Lipinski definition) is 5. The molecule has 0 aliphatic carbocycles. The van der Waals surface area contributed by atoms with Crippen molar-refractivity contribution in [2.24, 2.45) is 0 Å². The molecule has 0 bridgehead atoms. The van der Waals surface area contributed by atoms with E-state index in [0.29, 0.717) is 11.3 Å². The van der Waals surface area contributed by atoms with Crippen molar-refractivity contribution in [2.75, 3.05) is 0 Å². The van der Waals surface area contributed by atoms with Crippen molar-refractivity contribution in [3.63, 3.8) is 0 Å². The highest BCUT2D eigenvalue weighted by Gasteiger charge is 2.47. The molecule has 4 aromatic rings. The number of nitrogens with zero attached hydrogens (tertiary/aromatic N) is 2. The first-order valence-electron chi connectivity index (χ1n) is 10.3. The predicted molar refractivity (Wildman–Crippen MR) is 125 cm³/mol. The molecule has 1 saturated heterocycles. The molecule has 1 aliphatic rings. The zero-order chi connectivity index (χ0) is 22.2. The van der Waals surface area contributed by atoms with Gasteiger partial charge in [-0.25, -0.2) is 0 Å². The number of hydrogen-bond donors (Lipinski definition) is 1. The van der Waals surface area contributed by atoms with Crippen LogP contribution in [0.15, 0.2) is 83.9 Å². The SMILES string of the molecule is Cc1ccsc1C1/C(=C(\O)c2cccc3ccccc23)C(=O)C(=O)N1Cc1ccccn1. The van der Waals surface area contributed by atoms with Gasteiger partial charge in [0.15, 0.2) is 0 Å². The van der Waals surface area contributed by atoms with Crippen LogP contribution in [-0.4, -0.2) is 26.7 Å². The number of thiophene rings is 1. The molecule has 32 heavy (non-hydrogen) atoms. The van der Waals surface area contributed by atoms with Gasteiger partial charge in [0.1, 0.15) is 11.8 Å². The Bertz CT molecular complexity index is 1370. The molecule has 5 nitrogen and oxygen atoms in total. The number of aliphatic hydroxyl groups excluding tert-OH is 1. The largest absolute Gasteiger partial charge is 0.507 e. The lowest BCUT2D eigenvalue weighted by Gasteiger charge is -2.24. The molecule has 1 fully saturated rings. The summed E-state index contributed by atoms with van der Waals surface area (Å²) in [6.45, 7) is 2.13. The molecule has 1 atom stereocenters. The van der Waals surface area contributed by atoms with E-state index in [1.807, 2.05) is 66.9 Å².